The molecule has 6 nitrogen and oxygen atoms in total. The van der Waals surface area contributed by atoms with Crippen molar-refractivity contribution in [2.24, 2.45) is 0 Å². The summed E-state index contributed by atoms with van der Waals surface area (Å²) in [7, 11) is 0. The molecular weight excluding hydrogens is 351 g/mol. The lowest BCUT2D eigenvalue weighted by Crippen LogP contribution is -2.22. The monoisotopic (exact) mass is 365 g/mol. The smallest absolute Gasteiger partial charge is 0.406 e. The molecule has 26 heavy (non-hydrogen) atoms. The fraction of sp³-hybridized carbons (Fsp3) is 0.176. The predicted octanol–water partition coefficient (Wildman–Crippen LogP) is 3.14. The summed E-state index contributed by atoms with van der Waals surface area (Å²) >= 11 is 0. The van der Waals surface area contributed by atoms with E-state index in [0.29, 0.717) is 5.65 Å². The molecule has 0 unspecified atom stereocenters. The van der Waals surface area contributed by atoms with Crippen LogP contribution in [0.1, 0.15) is 11.1 Å². The molecular formula is C17H14F3N3O3. The van der Waals surface area contributed by atoms with E-state index in [-0.39, 0.29) is 17.1 Å². The van der Waals surface area contributed by atoms with Gasteiger partial charge < -0.3 is 15.2 Å². The molecule has 0 spiro atoms. The van der Waals surface area contributed by atoms with E-state index < -0.39 is 24.3 Å². The first-order chi connectivity index (χ1) is 12.3. The van der Waals surface area contributed by atoms with Crippen molar-refractivity contribution in [3.63, 3.8) is 0 Å². The van der Waals surface area contributed by atoms with E-state index in [1.165, 1.54) is 22.7 Å². The summed E-state index contributed by atoms with van der Waals surface area (Å²) in [5.41, 5.74) is 0.860. The van der Waals surface area contributed by atoms with Crippen LogP contribution in [-0.2, 0) is 6.61 Å². The average molecular weight is 365 g/mol. The second kappa shape index (κ2) is 6.68. The third-order valence-electron chi connectivity index (χ3n) is 3.63. The van der Waals surface area contributed by atoms with Crippen LogP contribution in [0.25, 0.3) is 5.65 Å². The number of nitrogens with zero attached hydrogens (tertiary/aromatic N) is 2. The zero-order chi connectivity index (χ0) is 18.9. The van der Waals surface area contributed by atoms with E-state index in [4.69, 9.17) is 0 Å². The highest BCUT2D eigenvalue weighted by Crippen LogP contribution is 2.27. The lowest BCUT2D eigenvalue weighted by Gasteiger charge is -2.14. The van der Waals surface area contributed by atoms with Crippen LogP contribution >= 0.6 is 0 Å². The van der Waals surface area contributed by atoms with Gasteiger partial charge in [-0.15, -0.1) is 13.2 Å². The normalized spacial score (nSPS) is 11.6. The van der Waals surface area contributed by atoms with Gasteiger partial charge in [0.05, 0.1) is 12.2 Å². The number of aliphatic hydroxyl groups is 1. The number of benzene rings is 1. The number of alkyl halides is 3. The Kier molecular flexibility index (Phi) is 4.56. The molecule has 2 N–H and O–H groups in total. The van der Waals surface area contributed by atoms with E-state index in [1.54, 1.807) is 19.1 Å². The summed E-state index contributed by atoms with van der Waals surface area (Å²) in [5, 5.41) is 12.3. The first-order valence-electron chi connectivity index (χ1n) is 7.53. The molecule has 0 radical (unpaired) electrons. The summed E-state index contributed by atoms with van der Waals surface area (Å²) < 4.78 is 42.3. The molecule has 2 aromatic heterocycles. The van der Waals surface area contributed by atoms with Crippen LogP contribution in [-0.4, -0.2) is 20.9 Å². The van der Waals surface area contributed by atoms with Gasteiger partial charge in [0.2, 0.25) is 0 Å². The molecule has 0 bridgehead atoms. The van der Waals surface area contributed by atoms with E-state index in [2.05, 4.69) is 15.0 Å². The number of halogens is 3. The Morgan fingerprint density at radius 3 is 2.73 bits per heavy atom. The van der Waals surface area contributed by atoms with Crippen LogP contribution in [0.15, 0.2) is 47.4 Å². The van der Waals surface area contributed by atoms with E-state index in [9.17, 15) is 23.1 Å². The Labute approximate surface area is 145 Å². The van der Waals surface area contributed by atoms with Crippen LogP contribution in [0.5, 0.6) is 5.75 Å². The van der Waals surface area contributed by atoms with Gasteiger partial charge in [0.15, 0.2) is 0 Å². The van der Waals surface area contributed by atoms with Crippen molar-refractivity contribution in [1.82, 2.24) is 9.38 Å². The van der Waals surface area contributed by atoms with Crippen molar-refractivity contribution in [1.29, 1.82) is 0 Å². The molecule has 0 aliphatic carbocycles. The van der Waals surface area contributed by atoms with Crippen LogP contribution in [0, 0.1) is 6.92 Å². The SMILES string of the molecule is Cc1cccn2c(=O)c(CO)c(Nc3cccc(OC(F)(F)F)c3)nc12. The Morgan fingerprint density at radius 1 is 1.27 bits per heavy atom. The number of aromatic nitrogens is 2. The number of anilines is 2. The Hall–Kier alpha value is -3.07. The van der Waals surface area contributed by atoms with Crippen molar-refractivity contribution in [2.45, 2.75) is 19.9 Å². The largest absolute Gasteiger partial charge is 0.573 e. The maximum Gasteiger partial charge on any atom is 0.573 e. The van der Waals surface area contributed by atoms with Gasteiger partial charge in [-0.05, 0) is 30.7 Å². The summed E-state index contributed by atoms with van der Waals surface area (Å²) in [5.74, 6) is -0.349. The summed E-state index contributed by atoms with van der Waals surface area (Å²) in [6, 6.07) is 8.57. The number of aliphatic hydroxyl groups excluding tert-OH is 1. The molecule has 3 rings (SSSR count). The minimum atomic E-state index is -4.81. The first-order valence-corrected chi connectivity index (χ1v) is 7.53. The van der Waals surface area contributed by atoms with Crippen molar-refractivity contribution in [3.05, 3.63) is 64.1 Å². The maximum atomic E-state index is 12.5. The molecule has 0 amide bonds. The molecule has 0 aliphatic heterocycles. The molecule has 0 saturated heterocycles. The van der Waals surface area contributed by atoms with Crippen molar-refractivity contribution in [3.8, 4) is 5.75 Å². The zero-order valence-corrected chi connectivity index (χ0v) is 13.5. The van der Waals surface area contributed by atoms with Crippen LogP contribution in [0.3, 0.4) is 0 Å². The van der Waals surface area contributed by atoms with Gasteiger partial charge >= 0.3 is 6.36 Å². The summed E-state index contributed by atoms with van der Waals surface area (Å²) in [6.07, 6.45) is -3.29. The van der Waals surface area contributed by atoms with E-state index >= 15 is 0 Å². The fourth-order valence-corrected chi connectivity index (χ4v) is 2.49. The summed E-state index contributed by atoms with van der Waals surface area (Å²) in [6.45, 7) is 1.19. The van der Waals surface area contributed by atoms with Crippen molar-refractivity contribution < 1.29 is 23.0 Å². The molecule has 136 valence electrons. The fourth-order valence-electron chi connectivity index (χ4n) is 2.49. The molecule has 3 aromatic rings. The average Bonchev–Trinajstić information content (AvgIpc) is 2.55. The van der Waals surface area contributed by atoms with E-state index in [0.717, 1.165) is 17.7 Å². The lowest BCUT2D eigenvalue weighted by molar-refractivity contribution is -0.274. The molecule has 0 atom stereocenters. The highest BCUT2D eigenvalue weighted by atomic mass is 19.4. The number of hydrogen-bond acceptors (Lipinski definition) is 5. The quantitative estimate of drug-likeness (QED) is 0.743. The molecule has 0 aliphatic rings. The molecule has 0 saturated carbocycles. The van der Waals surface area contributed by atoms with Gasteiger partial charge in [-0.25, -0.2) is 4.98 Å². The minimum absolute atomic E-state index is 0.00440. The second-order valence-electron chi connectivity index (χ2n) is 5.49. The molecule has 1 aromatic carbocycles. The molecule has 0 fully saturated rings. The number of ether oxygens (including phenoxy) is 1. The van der Waals surface area contributed by atoms with E-state index in [1.807, 2.05) is 0 Å². The van der Waals surface area contributed by atoms with Crippen LogP contribution < -0.4 is 15.6 Å². The maximum absolute atomic E-state index is 12.5. The Bertz CT molecular complexity index is 1020. The van der Waals surface area contributed by atoms with Gasteiger partial charge in [-0.1, -0.05) is 12.1 Å². The van der Waals surface area contributed by atoms with Gasteiger partial charge in [-0.2, -0.15) is 0 Å². The Morgan fingerprint density at radius 2 is 2.04 bits per heavy atom. The lowest BCUT2D eigenvalue weighted by atomic mass is 10.2. The molecule has 9 heteroatoms. The first kappa shape index (κ1) is 17.7. The number of fused-ring (bicyclic) bond motifs is 1. The highest BCUT2D eigenvalue weighted by molar-refractivity contribution is 5.64. The third-order valence-corrected chi connectivity index (χ3v) is 3.63. The number of hydrogen-bond donors (Lipinski definition) is 2. The number of rotatable bonds is 4. The highest BCUT2D eigenvalue weighted by Gasteiger charge is 2.31. The second-order valence-corrected chi connectivity index (χ2v) is 5.49. The third kappa shape index (κ3) is 3.62. The topological polar surface area (TPSA) is 75.9 Å². The number of nitrogens with one attached hydrogen (secondary N) is 1. The van der Waals surface area contributed by atoms with Crippen LogP contribution in [0.4, 0.5) is 24.7 Å². The summed E-state index contributed by atoms with van der Waals surface area (Å²) in [4.78, 5) is 16.9. The van der Waals surface area contributed by atoms with Gasteiger partial charge in [0.1, 0.15) is 17.2 Å². The van der Waals surface area contributed by atoms with Crippen molar-refractivity contribution in [2.75, 3.05) is 5.32 Å². The van der Waals surface area contributed by atoms with Crippen LogP contribution in [0.2, 0.25) is 0 Å². The number of aryl methyl sites for hydroxylation is 1. The van der Waals surface area contributed by atoms with Gasteiger partial charge in [-0.3, -0.25) is 9.20 Å². The van der Waals surface area contributed by atoms with Crippen molar-refractivity contribution >= 4 is 17.2 Å². The van der Waals surface area contributed by atoms with Gasteiger partial charge in [0, 0.05) is 18.0 Å². The number of pyridine rings is 1. The predicted molar refractivity (Wildman–Crippen MR) is 88.5 cm³/mol. The minimum Gasteiger partial charge on any atom is -0.406 e. The standard InChI is InChI=1S/C17H14F3N3O3/c1-10-4-3-7-23-15(10)22-14(13(9-24)16(23)25)21-11-5-2-6-12(8-11)26-17(18,19)20/h2-8,21,24H,9H2,1H3. The molecule has 2 heterocycles. The zero-order valence-electron chi connectivity index (χ0n) is 13.5. The van der Waals surface area contributed by atoms with Gasteiger partial charge in [0.25, 0.3) is 5.56 Å². The Balaban J connectivity index is 2.05.